The molecule has 0 amide bonds. The van der Waals surface area contributed by atoms with Gasteiger partial charge in [0.15, 0.2) is 0 Å². The summed E-state index contributed by atoms with van der Waals surface area (Å²) in [5.41, 5.74) is 0. The quantitative estimate of drug-likeness (QED) is 0.525. The summed E-state index contributed by atoms with van der Waals surface area (Å²) < 4.78 is 0.954. The van der Waals surface area contributed by atoms with E-state index in [1.165, 1.54) is 0 Å². The number of hydrogen-bond donors (Lipinski definition) is 1. The number of nitrogens with one attached hydrogen (secondary N) is 1. The molecule has 0 atom stereocenters. The molecule has 0 bridgehead atoms. The molecule has 1 saturated heterocycles. The van der Waals surface area contributed by atoms with Crippen LogP contribution in [0.5, 0.6) is 0 Å². The third-order valence-corrected chi connectivity index (χ3v) is 1.92. The first kappa shape index (κ1) is 7.53. The van der Waals surface area contributed by atoms with E-state index >= 15 is 0 Å². The Morgan fingerprint density at radius 2 is 2.43 bits per heavy atom. The van der Waals surface area contributed by atoms with E-state index in [0.29, 0.717) is 0 Å². The molecule has 0 aliphatic carbocycles. The Bertz CT molecular complexity index is 67.3. The van der Waals surface area contributed by atoms with Gasteiger partial charge in [-0.15, -0.1) is 12.4 Å². The average Bonchev–Trinajstić information content (AvgIpc) is 1.86. The van der Waals surface area contributed by atoms with Crippen LogP contribution in [0.2, 0.25) is 0 Å². The Kier molecular flexibility index (Phi) is 3.79. The lowest BCUT2D eigenvalue weighted by molar-refractivity contribution is 1.03. The van der Waals surface area contributed by atoms with Gasteiger partial charge in [-0.1, -0.05) is 24.0 Å². The minimum Gasteiger partial charge on any atom is -0.370 e. The highest BCUT2D eigenvalue weighted by Crippen LogP contribution is 2.05. The predicted molar refractivity (Wildman–Crippen MR) is 40.3 cm³/mol. The molecule has 1 nitrogen and oxygen atoms in total. The van der Waals surface area contributed by atoms with Crippen molar-refractivity contribution >= 4 is 40.7 Å². The molecular weight excluding hydrogens is 150 g/mol. The van der Waals surface area contributed by atoms with Crippen LogP contribution in [0.4, 0.5) is 0 Å². The standard InChI is InChI=1S/C3H5NS2.ClH/c5-3-4-1-2-6-3;/h1-2H2,(H,4,5);1H. The van der Waals surface area contributed by atoms with E-state index in [-0.39, 0.29) is 12.4 Å². The topological polar surface area (TPSA) is 12.0 Å². The lowest BCUT2D eigenvalue weighted by Crippen LogP contribution is -2.09. The summed E-state index contributed by atoms with van der Waals surface area (Å²) in [4.78, 5) is 0. The van der Waals surface area contributed by atoms with Crippen LogP contribution in [0.15, 0.2) is 0 Å². The highest BCUT2D eigenvalue weighted by molar-refractivity contribution is 8.23. The maximum absolute atomic E-state index is 4.77. The van der Waals surface area contributed by atoms with E-state index in [4.69, 9.17) is 12.2 Å². The predicted octanol–water partition coefficient (Wildman–Crippen LogP) is 1.03. The van der Waals surface area contributed by atoms with Gasteiger partial charge in [-0.3, -0.25) is 0 Å². The fourth-order valence-electron chi connectivity index (χ4n) is 0.348. The highest BCUT2D eigenvalue weighted by Gasteiger charge is 2.01. The second-order valence-corrected chi connectivity index (χ2v) is 2.83. The van der Waals surface area contributed by atoms with E-state index in [1.807, 2.05) is 0 Å². The smallest absolute Gasteiger partial charge is 0.133 e. The van der Waals surface area contributed by atoms with Gasteiger partial charge in [0.25, 0.3) is 0 Å². The molecule has 0 saturated carbocycles. The summed E-state index contributed by atoms with van der Waals surface area (Å²) in [6, 6.07) is 0. The molecule has 0 aromatic rings. The second-order valence-electron chi connectivity index (χ2n) is 1.06. The van der Waals surface area contributed by atoms with Gasteiger partial charge in [-0.2, -0.15) is 0 Å². The molecule has 0 radical (unpaired) electrons. The Morgan fingerprint density at radius 3 is 2.57 bits per heavy atom. The first-order valence-corrected chi connectivity index (χ1v) is 3.19. The van der Waals surface area contributed by atoms with E-state index in [1.54, 1.807) is 11.8 Å². The summed E-state index contributed by atoms with van der Waals surface area (Å²) in [5.74, 6) is 1.15. The monoisotopic (exact) mass is 155 g/mol. The summed E-state index contributed by atoms with van der Waals surface area (Å²) in [6.07, 6.45) is 0. The third kappa shape index (κ3) is 2.36. The first-order chi connectivity index (χ1) is 2.89. The molecule has 0 unspecified atom stereocenters. The molecule has 1 rings (SSSR count). The van der Waals surface area contributed by atoms with Crippen molar-refractivity contribution in [3.8, 4) is 0 Å². The van der Waals surface area contributed by atoms with Crippen LogP contribution in [-0.4, -0.2) is 16.6 Å². The maximum Gasteiger partial charge on any atom is 0.133 e. The summed E-state index contributed by atoms with van der Waals surface area (Å²) >= 11 is 6.49. The minimum atomic E-state index is 0. The lowest BCUT2D eigenvalue weighted by Gasteiger charge is -1.82. The van der Waals surface area contributed by atoms with Gasteiger partial charge in [0.1, 0.15) is 4.32 Å². The molecule has 7 heavy (non-hydrogen) atoms. The van der Waals surface area contributed by atoms with Crippen LogP contribution >= 0.6 is 36.4 Å². The van der Waals surface area contributed by atoms with E-state index < -0.39 is 0 Å². The Labute approximate surface area is 58.6 Å². The van der Waals surface area contributed by atoms with Crippen LogP contribution in [0, 0.1) is 0 Å². The van der Waals surface area contributed by atoms with E-state index in [0.717, 1.165) is 16.6 Å². The van der Waals surface area contributed by atoms with Crippen molar-refractivity contribution in [1.29, 1.82) is 0 Å². The SMILES string of the molecule is Cl.S=C1NCCS1. The molecule has 0 aromatic heterocycles. The fourth-order valence-corrected chi connectivity index (χ4v) is 1.29. The number of thioether (sulfide) groups is 1. The largest absolute Gasteiger partial charge is 0.370 e. The molecular formula is C3H6ClNS2. The zero-order chi connectivity index (χ0) is 4.41. The molecule has 0 aromatic carbocycles. The van der Waals surface area contributed by atoms with Gasteiger partial charge in [0, 0.05) is 12.3 Å². The van der Waals surface area contributed by atoms with Gasteiger partial charge >= 0.3 is 0 Å². The normalized spacial score (nSPS) is 18.0. The fraction of sp³-hybridized carbons (Fsp3) is 0.667. The van der Waals surface area contributed by atoms with Crippen LogP contribution in [0.25, 0.3) is 0 Å². The molecule has 1 heterocycles. The van der Waals surface area contributed by atoms with Gasteiger partial charge in [-0.05, 0) is 0 Å². The van der Waals surface area contributed by atoms with Crippen LogP contribution in [0.1, 0.15) is 0 Å². The van der Waals surface area contributed by atoms with Crippen LogP contribution < -0.4 is 5.32 Å². The van der Waals surface area contributed by atoms with Crippen molar-refractivity contribution in [2.75, 3.05) is 12.3 Å². The van der Waals surface area contributed by atoms with Crippen molar-refractivity contribution in [2.24, 2.45) is 0 Å². The summed E-state index contributed by atoms with van der Waals surface area (Å²) in [6.45, 7) is 1.06. The lowest BCUT2D eigenvalue weighted by atomic mass is 10.8. The Balaban J connectivity index is 0.000000360. The molecule has 1 N–H and O–H groups in total. The van der Waals surface area contributed by atoms with Crippen LogP contribution in [-0.2, 0) is 0 Å². The molecule has 0 spiro atoms. The van der Waals surface area contributed by atoms with Crippen molar-refractivity contribution in [1.82, 2.24) is 5.32 Å². The van der Waals surface area contributed by atoms with Gasteiger partial charge in [-0.25, -0.2) is 0 Å². The maximum atomic E-state index is 4.77. The second kappa shape index (κ2) is 3.52. The van der Waals surface area contributed by atoms with Gasteiger partial charge in [0.05, 0.1) is 0 Å². The van der Waals surface area contributed by atoms with E-state index in [9.17, 15) is 0 Å². The zero-order valence-corrected chi connectivity index (χ0v) is 6.09. The molecule has 1 aliphatic heterocycles. The van der Waals surface area contributed by atoms with E-state index in [2.05, 4.69) is 5.32 Å². The first-order valence-electron chi connectivity index (χ1n) is 1.80. The molecule has 4 heteroatoms. The average molecular weight is 156 g/mol. The van der Waals surface area contributed by atoms with Crippen molar-refractivity contribution in [3.05, 3.63) is 0 Å². The Hall–Kier alpha value is 0.530. The Morgan fingerprint density at radius 1 is 1.71 bits per heavy atom. The molecule has 1 fully saturated rings. The van der Waals surface area contributed by atoms with Gasteiger partial charge < -0.3 is 5.32 Å². The number of halogens is 1. The van der Waals surface area contributed by atoms with Crippen molar-refractivity contribution < 1.29 is 0 Å². The number of thiocarbonyl (C=S) groups is 1. The molecule has 42 valence electrons. The number of rotatable bonds is 0. The van der Waals surface area contributed by atoms with Crippen molar-refractivity contribution in [3.63, 3.8) is 0 Å². The zero-order valence-electron chi connectivity index (χ0n) is 3.64. The third-order valence-electron chi connectivity index (χ3n) is 0.605. The highest BCUT2D eigenvalue weighted by atomic mass is 35.5. The minimum absolute atomic E-state index is 0. The van der Waals surface area contributed by atoms with Gasteiger partial charge in [0.2, 0.25) is 0 Å². The van der Waals surface area contributed by atoms with Crippen LogP contribution in [0.3, 0.4) is 0 Å². The summed E-state index contributed by atoms with van der Waals surface area (Å²) in [7, 11) is 0. The summed E-state index contributed by atoms with van der Waals surface area (Å²) in [5, 5.41) is 3.01. The molecule has 1 aliphatic rings. The van der Waals surface area contributed by atoms with Crippen molar-refractivity contribution in [2.45, 2.75) is 0 Å². The number of hydrogen-bond acceptors (Lipinski definition) is 2.